The van der Waals surface area contributed by atoms with Crippen molar-refractivity contribution in [3.8, 4) is 0 Å². The summed E-state index contributed by atoms with van der Waals surface area (Å²) in [5, 5.41) is 1.61. The van der Waals surface area contributed by atoms with Crippen molar-refractivity contribution in [2.24, 2.45) is 4.99 Å². The van der Waals surface area contributed by atoms with Crippen LogP contribution in [0.3, 0.4) is 0 Å². The molecule has 7 heteroatoms. The van der Waals surface area contributed by atoms with Crippen molar-refractivity contribution in [1.82, 2.24) is 4.90 Å². The number of hydrogen-bond donors (Lipinski definition) is 0. The van der Waals surface area contributed by atoms with Gasteiger partial charge in [0.2, 0.25) is 0 Å². The third-order valence-electron chi connectivity index (χ3n) is 6.00. The minimum absolute atomic E-state index is 0.148. The molecule has 0 N–H and O–H groups in total. The smallest absolute Gasteiger partial charge is 0.286 e. The van der Waals surface area contributed by atoms with Crippen molar-refractivity contribution < 1.29 is 4.79 Å². The summed E-state index contributed by atoms with van der Waals surface area (Å²) < 4.78 is 0. The van der Waals surface area contributed by atoms with Crippen LogP contribution in [-0.2, 0) is 4.79 Å². The molecule has 0 aliphatic carbocycles. The number of anilines is 2. The van der Waals surface area contributed by atoms with Gasteiger partial charge >= 0.3 is 0 Å². The van der Waals surface area contributed by atoms with E-state index in [9.17, 15) is 4.79 Å². The number of aryl methyl sites for hydroxylation is 1. The van der Waals surface area contributed by atoms with Crippen LogP contribution in [0.4, 0.5) is 11.4 Å². The first-order valence-corrected chi connectivity index (χ1v) is 12.3. The fourth-order valence-electron chi connectivity index (χ4n) is 3.99. The Bertz CT molecular complexity index is 1040. The number of amidine groups is 1. The average molecular weight is 469 g/mol. The Balaban J connectivity index is 1.37. The molecule has 0 aromatic heterocycles. The zero-order chi connectivity index (χ0) is 22.7. The number of halogens is 1. The van der Waals surface area contributed by atoms with Gasteiger partial charge in [0.05, 0.1) is 4.91 Å². The molecular formula is C25H29ClN4OS. The molecule has 2 aliphatic rings. The summed E-state index contributed by atoms with van der Waals surface area (Å²) in [6.07, 6.45) is 1.94. The second-order valence-electron chi connectivity index (χ2n) is 7.98. The van der Waals surface area contributed by atoms with Crippen LogP contribution in [0, 0.1) is 6.92 Å². The van der Waals surface area contributed by atoms with Crippen molar-refractivity contribution in [2.45, 2.75) is 20.8 Å². The number of nitrogens with zero attached hydrogens (tertiary/aromatic N) is 4. The van der Waals surface area contributed by atoms with Crippen molar-refractivity contribution in [3.63, 3.8) is 0 Å². The van der Waals surface area contributed by atoms with Crippen LogP contribution in [0.5, 0.6) is 0 Å². The van der Waals surface area contributed by atoms with Crippen LogP contribution in [-0.4, -0.2) is 55.2 Å². The van der Waals surface area contributed by atoms with E-state index in [2.05, 4.69) is 69.9 Å². The molecule has 1 fully saturated rings. The number of hydrogen-bond acceptors (Lipinski definition) is 5. The number of amides is 1. The lowest BCUT2D eigenvalue weighted by molar-refractivity contribution is -0.113. The third-order valence-corrected chi connectivity index (χ3v) is 7.45. The van der Waals surface area contributed by atoms with Gasteiger partial charge in [0.25, 0.3) is 5.91 Å². The van der Waals surface area contributed by atoms with E-state index in [1.165, 1.54) is 17.4 Å². The van der Waals surface area contributed by atoms with Crippen LogP contribution in [0.25, 0.3) is 6.08 Å². The Kier molecular flexibility index (Phi) is 7.11. The predicted octanol–water partition coefficient (Wildman–Crippen LogP) is 5.29. The minimum Gasteiger partial charge on any atom is -0.372 e. The molecule has 1 saturated heterocycles. The van der Waals surface area contributed by atoms with E-state index in [4.69, 9.17) is 11.6 Å². The van der Waals surface area contributed by atoms with E-state index in [1.54, 1.807) is 0 Å². The van der Waals surface area contributed by atoms with Crippen LogP contribution in [0.1, 0.15) is 25.0 Å². The topological polar surface area (TPSA) is 39.1 Å². The maximum atomic E-state index is 12.5. The molecular weight excluding hydrogens is 440 g/mol. The second-order valence-corrected chi connectivity index (χ2v) is 9.40. The molecule has 2 heterocycles. The Morgan fingerprint density at radius 3 is 2.31 bits per heavy atom. The van der Waals surface area contributed by atoms with E-state index >= 15 is 0 Å². The zero-order valence-corrected chi connectivity index (χ0v) is 20.4. The molecule has 0 atom stereocenters. The highest BCUT2D eigenvalue weighted by molar-refractivity contribution is 8.18. The SMILES string of the molecule is CCN(CC)c1ccc(/C=C2/SC(N3CCN(c4ccc(C)c(Cl)c4)CC3)=NC2=O)cc1. The van der Waals surface area contributed by atoms with Gasteiger partial charge in [-0.3, -0.25) is 4.79 Å². The number of benzene rings is 2. The Labute approximate surface area is 199 Å². The summed E-state index contributed by atoms with van der Waals surface area (Å²) in [5.41, 5.74) is 4.46. The molecule has 5 nitrogen and oxygen atoms in total. The number of thioether (sulfide) groups is 1. The normalized spacial score (nSPS) is 17.8. The summed E-state index contributed by atoms with van der Waals surface area (Å²) in [6.45, 7) is 11.7. The van der Waals surface area contributed by atoms with Crippen molar-refractivity contribution >= 4 is 51.9 Å². The van der Waals surface area contributed by atoms with Gasteiger partial charge < -0.3 is 14.7 Å². The number of rotatable bonds is 5. The first kappa shape index (κ1) is 22.7. The lowest BCUT2D eigenvalue weighted by Crippen LogP contribution is -2.47. The van der Waals surface area contributed by atoms with Gasteiger partial charge in [-0.05, 0) is 74.0 Å². The zero-order valence-electron chi connectivity index (χ0n) is 18.8. The molecule has 0 spiro atoms. The monoisotopic (exact) mass is 468 g/mol. The fourth-order valence-corrected chi connectivity index (χ4v) is 5.13. The Morgan fingerprint density at radius 1 is 1.03 bits per heavy atom. The number of piperazine rings is 1. The number of aliphatic imine (C=N–C) groups is 1. The highest BCUT2D eigenvalue weighted by atomic mass is 35.5. The van der Waals surface area contributed by atoms with Gasteiger partial charge in [-0.15, -0.1) is 0 Å². The van der Waals surface area contributed by atoms with Crippen LogP contribution < -0.4 is 9.80 Å². The molecule has 2 aromatic carbocycles. The molecule has 4 rings (SSSR count). The fraction of sp³-hybridized carbons (Fsp3) is 0.360. The molecule has 2 aliphatic heterocycles. The first-order valence-electron chi connectivity index (χ1n) is 11.1. The van der Waals surface area contributed by atoms with E-state index in [0.29, 0.717) is 4.91 Å². The van der Waals surface area contributed by atoms with Gasteiger partial charge in [0.1, 0.15) is 0 Å². The van der Waals surface area contributed by atoms with E-state index < -0.39 is 0 Å². The van der Waals surface area contributed by atoms with Crippen LogP contribution in [0.2, 0.25) is 5.02 Å². The van der Waals surface area contributed by atoms with Crippen molar-refractivity contribution in [1.29, 1.82) is 0 Å². The highest BCUT2D eigenvalue weighted by Gasteiger charge is 2.28. The molecule has 32 heavy (non-hydrogen) atoms. The molecule has 168 valence electrons. The van der Waals surface area contributed by atoms with Crippen LogP contribution >= 0.6 is 23.4 Å². The maximum absolute atomic E-state index is 12.5. The third kappa shape index (κ3) is 4.97. The van der Waals surface area contributed by atoms with Crippen molar-refractivity contribution in [3.05, 3.63) is 63.5 Å². The molecule has 0 unspecified atom stereocenters. The van der Waals surface area contributed by atoms with Gasteiger partial charge in [0, 0.05) is 55.7 Å². The molecule has 1 amide bonds. The summed E-state index contributed by atoms with van der Waals surface area (Å²) in [6, 6.07) is 14.6. The van der Waals surface area contributed by atoms with E-state index in [-0.39, 0.29) is 5.91 Å². The summed E-state index contributed by atoms with van der Waals surface area (Å²) in [7, 11) is 0. The molecule has 2 aromatic rings. The molecule has 0 bridgehead atoms. The van der Waals surface area contributed by atoms with Gasteiger partial charge in [0.15, 0.2) is 5.17 Å². The van der Waals surface area contributed by atoms with Crippen molar-refractivity contribution in [2.75, 3.05) is 49.1 Å². The summed E-state index contributed by atoms with van der Waals surface area (Å²) in [4.78, 5) is 24.4. The summed E-state index contributed by atoms with van der Waals surface area (Å²) in [5.74, 6) is -0.148. The van der Waals surface area contributed by atoms with Gasteiger partial charge in [-0.2, -0.15) is 4.99 Å². The predicted molar refractivity (Wildman–Crippen MR) is 138 cm³/mol. The van der Waals surface area contributed by atoms with Gasteiger partial charge in [-0.1, -0.05) is 29.8 Å². The Morgan fingerprint density at radius 2 is 1.69 bits per heavy atom. The average Bonchev–Trinajstić information content (AvgIpc) is 3.18. The summed E-state index contributed by atoms with van der Waals surface area (Å²) >= 11 is 7.78. The molecule has 0 radical (unpaired) electrons. The second kappa shape index (κ2) is 10.0. The minimum atomic E-state index is -0.148. The number of carbonyl (C=O) groups excluding carboxylic acids is 1. The largest absolute Gasteiger partial charge is 0.372 e. The van der Waals surface area contributed by atoms with Crippen LogP contribution in [0.15, 0.2) is 52.4 Å². The number of carbonyl (C=O) groups is 1. The standard InChI is InChI=1S/C25H29ClN4OS/c1-4-28(5-2)20-10-7-19(8-11-20)16-23-24(31)27-25(32-23)30-14-12-29(13-15-30)21-9-6-18(3)22(26)17-21/h6-11,16-17H,4-5,12-15H2,1-3H3/b23-16+. The van der Waals surface area contributed by atoms with E-state index in [1.807, 2.05) is 19.1 Å². The van der Waals surface area contributed by atoms with Gasteiger partial charge in [-0.25, -0.2) is 0 Å². The highest BCUT2D eigenvalue weighted by Crippen LogP contribution is 2.32. The maximum Gasteiger partial charge on any atom is 0.286 e. The quantitative estimate of drug-likeness (QED) is 0.558. The van der Waals surface area contributed by atoms with E-state index in [0.717, 1.165) is 66.3 Å². The molecule has 0 saturated carbocycles. The first-order chi connectivity index (χ1) is 15.5. The lowest BCUT2D eigenvalue weighted by Gasteiger charge is -2.36. The Hall–Kier alpha value is -2.44. The lowest BCUT2D eigenvalue weighted by atomic mass is 10.2.